The topological polar surface area (TPSA) is 118 Å². The van der Waals surface area contributed by atoms with Crippen LogP contribution in [0.3, 0.4) is 0 Å². The third kappa shape index (κ3) is 6.89. The summed E-state index contributed by atoms with van der Waals surface area (Å²) in [6.07, 6.45) is -1.19. The Labute approximate surface area is 186 Å². The number of amides is 2. The summed E-state index contributed by atoms with van der Waals surface area (Å²) in [7, 11) is 1.40. The second-order valence-corrected chi connectivity index (χ2v) is 8.54. The number of urea groups is 1. The number of carbonyl (C=O) groups excluding carboxylic acids is 1. The number of non-ortho nitro benzene ring substituents is 1. The lowest BCUT2D eigenvalue weighted by atomic mass is 10.2. The van der Waals surface area contributed by atoms with E-state index in [0.717, 1.165) is 0 Å². The first-order chi connectivity index (χ1) is 13.6. The SMILES string of the molecule is COc1ccc([N+](=O)[O-])cc1NC(=S)N[C@@H](NC(=O)N1CCOCC1)C(Cl)(Cl)Cl. The molecule has 1 aromatic rings. The molecule has 1 aliphatic rings. The van der Waals surface area contributed by atoms with Crippen LogP contribution in [0.2, 0.25) is 0 Å². The van der Waals surface area contributed by atoms with Crippen LogP contribution < -0.4 is 20.7 Å². The number of nitro groups is 1. The molecule has 3 N–H and O–H groups in total. The third-order valence-corrected chi connectivity index (χ3v) is 4.69. The number of hydrogen-bond acceptors (Lipinski definition) is 6. The average molecular weight is 487 g/mol. The van der Waals surface area contributed by atoms with Crippen molar-refractivity contribution in [3.8, 4) is 5.75 Å². The van der Waals surface area contributed by atoms with E-state index in [1.807, 2.05) is 0 Å². The van der Waals surface area contributed by atoms with Crippen molar-refractivity contribution < 1.29 is 19.2 Å². The van der Waals surface area contributed by atoms with Gasteiger partial charge in [0.15, 0.2) is 11.3 Å². The van der Waals surface area contributed by atoms with Crippen LogP contribution in [-0.2, 0) is 4.74 Å². The van der Waals surface area contributed by atoms with Crippen LogP contribution in [0, 0.1) is 10.1 Å². The van der Waals surface area contributed by atoms with Gasteiger partial charge >= 0.3 is 6.03 Å². The zero-order valence-corrected chi connectivity index (χ0v) is 18.2. The van der Waals surface area contributed by atoms with E-state index in [1.165, 1.54) is 30.2 Å². The van der Waals surface area contributed by atoms with Crippen LogP contribution in [0.15, 0.2) is 18.2 Å². The molecule has 0 aromatic heterocycles. The number of alkyl halides is 3. The normalized spacial score (nSPS) is 15.2. The van der Waals surface area contributed by atoms with Crippen molar-refractivity contribution in [2.75, 3.05) is 38.7 Å². The van der Waals surface area contributed by atoms with Gasteiger partial charge in [-0.25, -0.2) is 4.79 Å². The molecule has 2 rings (SSSR count). The van der Waals surface area contributed by atoms with Gasteiger partial charge < -0.3 is 30.3 Å². The quantitative estimate of drug-likeness (QED) is 0.191. The number of ether oxygens (including phenoxy) is 2. The highest BCUT2D eigenvalue weighted by atomic mass is 35.6. The van der Waals surface area contributed by atoms with Crippen LogP contribution in [0.5, 0.6) is 5.75 Å². The van der Waals surface area contributed by atoms with Crippen molar-refractivity contribution in [3.63, 3.8) is 0 Å². The Morgan fingerprint density at radius 2 is 2.00 bits per heavy atom. The number of nitrogens with zero attached hydrogens (tertiary/aromatic N) is 2. The number of morpholine rings is 1. The Bertz CT molecular complexity index is 773. The largest absolute Gasteiger partial charge is 0.495 e. The molecule has 1 saturated heterocycles. The molecule has 1 atom stereocenters. The number of anilines is 1. The Morgan fingerprint density at radius 1 is 1.34 bits per heavy atom. The molecule has 1 heterocycles. The fraction of sp³-hybridized carbons (Fsp3) is 0.467. The third-order valence-electron chi connectivity index (χ3n) is 3.81. The lowest BCUT2D eigenvalue weighted by Gasteiger charge is -2.32. The minimum absolute atomic E-state index is 0.0533. The summed E-state index contributed by atoms with van der Waals surface area (Å²) in [5.74, 6) is 0.308. The zero-order valence-electron chi connectivity index (χ0n) is 15.1. The predicted molar refractivity (Wildman–Crippen MR) is 114 cm³/mol. The molecule has 14 heteroatoms. The van der Waals surface area contributed by atoms with Gasteiger partial charge in [0.2, 0.25) is 3.79 Å². The Morgan fingerprint density at radius 3 is 2.55 bits per heavy atom. The molecule has 160 valence electrons. The maximum atomic E-state index is 12.4. The molecular weight excluding hydrogens is 469 g/mol. The number of nitro benzene ring substituents is 1. The number of nitrogens with one attached hydrogen (secondary N) is 3. The molecule has 0 saturated carbocycles. The fourth-order valence-corrected chi connectivity index (χ4v) is 2.93. The van der Waals surface area contributed by atoms with E-state index in [4.69, 9.17) is 56.5 Å². The minimum atomic E-state index is -1.94. The summed E-state index contributed by atoms with van der Waals surface area (Å²) in [4.78, 5) is 24.3. The number of thiocarbonyl (C=S) groups is 1. The molecule has 0 radical (unpaired) electrons. The Kier molecular flexibility index (Phi) is 8.34. The first kappa shape index (κ1) is 23.5. The van der Waals surface area contributed by atoms with E-state index in [-0.39, 0.29) is 16.5 Å². The van der Waals surface area contributed by atoms with Crippen molar-refractivity contribution in [1.82, 2.24) is 15.5 Å². The number of hydrogen-bond donors (Lipinski definition) is 3. The lowest BCUT2D eigenvalue weighted by molar-refractivity contribution is -0.384. The van der Waals surface area contributed by atoms with E-state index in [2.05, 4.69) is 16.0 Å². The van der Waals surface area contributed by atoms with E-state index in [1.54, 1.807) is 0 Å². The number of rotatable bonds is 5. The molecule has 1 aromatic carbocycles. The van der Waals surface area contributed by atoms with Crippen molar-refractivity contribution in [2.24, 2.45) is 0 Å². The predicted octanol–water partition coefficient (Wildman–Crippen LogP) is 2.63. The average Bonchev–Trinajstić information content (AvgIpc) is 2.67. The smallest absolute Gasteiger partial charge is 0.319 e. The molecule has 10 nitrogen and oxygen atoms in total. The standard InChI is InChI=1S/C15H18Cl3N5O5S/c1-27-11-3-2-9(23(25)26)8-10(11)19-13(29)20-12(15(16,17)18)21-14(24)22-4-6-28-7-5-22/h2-3,8,12H,4-7H2,1H3,(H,21,24)(H2,19,20,29)/t12-/m0/s1. The minimum Gasteiger partial charge on any atom is -0.495 e. The van der Waals surface area contributed by atoms with Crippen molar-refractivity contribution in [2.45, 2.75) is 9.96 Å². The number of methoxy groups -OCH3 is 1. The van der Waals surface area contributed by atoms with E-state index in [0.29, 0.717) is 32.1 Å². The summed E-state index contributed by atoms with van der Waals surface area (Å²) in [6.45, 7) is 1.61. The number of halogens is 3. The monoisotopic (exact) mass is 485 g/mol. The van der Waals surface area contributed by atoms with Gasteiger partial charge in [0, 0.05) is 25.2 Å². The summed E-state index contributed by atoms with van der Waals surface area (Å²) in [5.41, 5.74) is 0.0522. The molecular formula is C15H18Cl3N5O5S. The van der Waals surface area contributed by atoms with Gasteiger partial charge in [-0.3, -0.25) is 10.1 Å². The molecule has 0 aliphatic carbocycles. The van der Waals surface area contributed by atoms with E-state index >= 15 is 0 Å². The summed E-state index contributed by atoms with van der Waals surface area (Å²) >= 11 is 23.1. The van der Waals surface area contributed by atoms with Crippen molar-refractivity contribution in [3.05, 3.63) is 28.3 Å². The maximum Gasteiger partial charge on any atom is 0.319 e. The summed E-state index contributed by atoms with van der Waals surface area (Å²) in [6, 6.07) is 3.47. The highest BCUT2D eigenvalue weighted by molar-refractivity contribution is 7.80. The van der Waals surface area contributed by atoms with Crippen LogP contribution >= 0.6 is 47.0 Å². The van der Waals surface area contributed by atoms with E-state index in [9.17, 15) is 14.9 Å². The van der Waals surface area contributed by atoms with Gasteiger partial charge in [-0.2, -0.15) is 0 Å². The molecule has 1 fully saturated rings. The first-order valence-corrected chi connectivity index (χ1v) is 9.76. The van der Waals surface area contributed by atoms with Crippen LogP contribution in [0.25, 0.3) is 0 Å². The van der Waals surface area contributed by atoms with Crippen LogP contribution in [0.4, 0.5) is 16.2 Å². The maximum absolute atomic E-state index is 12.4. The van der Waals surface area contributed by atoms with Gasteiger partial charge in [-0.05, 0) is 18.3 Å². The Balaban J connectivity index is 2.09. The number of carbonyl (C=O) groups is 1. The molecule has 29 heavy (non-hydrogen) atoms. The molecule has 0 bridgehead atoms. The van der Waals surface area contributed by atoms with Crippen molar-refractivity contribution >= 4 is 69.5 Å². The fourth-order valence-electron chi connectivity index (χ4n) is 2.38. The molecule has 0 spiro atoms. The second kappa shape index (κ2) is 10.3. The summed E-state index contributed by atoms with van der Waals surface area (Å²) in [5, 5.41) is 18.9. The van der Waals surface area contributed by atoms with Gasteiger partial charge in [0.05, 0.1) is 30.9 Å². The van der Waals surface area contributed by atoms with Crippen LogP contribution in [0.1, 0.15) is 0 Å². The highest BCUT2D eigenvalue weighted by Crippen LogP contribution is 2.31. The van der Waals surface area contributed by atoms with Gasteiger partial charge in [0.1, 0.15) is 5.75 Å². The molecule has 1 aliphatic heterocycles. The van der Waals surface area contributed by atoms with Gasteiger partial charge in [-0.15, -0.1) is 0 Å². The highest BCUT2D eigenvalue weighted by Gasteiger charge is 2.36. The lowest BCUT2D eigenvalue weighted by Crippen LogP contribution is -2.59. The Hall–Kier alpha value is -1.79. The first-order valence-electron chi connectivity index (χ1n) is 8.21. The second-order valence-electron chi connectivity index (χ2n) is 5.76. The zero-order chi connectivity index (χ0) is 21.6. The van der Waals surface area contributed by atoms with Gasteiger partial charge in [-0.1, -0.05) is 34.8 Å². The van der Waals surface area contributed by atoms with Crippen LogP contribution in [-0.4, -0.2) is 64.3 Å². The van der Waals surface area contributed by atoms with Crippen molar-refractivity contribution in [1.29, 1.82) is 0 Å². The van der Waals surface area contributed by atoms with Gasteiger partial charge in [0.25, 0.3) is 5.69 Å². The summed E-state index contributed by atoms with van der Waals surface area (Å²) < 4.78 is 8.41. The number of benzene rings is 1. The van der Waals surface area contributed by atoms with E-state index < -0.39 is 20.9 Å². The molecule has 2 amide bonds. The molecule has 0 unspecified atom stereocenters.